The van der Waals surface area contributed by atoms with E-state index >= 15 is 0 Å². The second kappa shape index (κ2) is 6.27. The number of hydrogen-bond acceptors (Lipinski definition) is 4. The number of benzene rings is 1. The van der Waals surface area contributed by atoms with Crippen molar-refractivity contribution in [3.8, 4) is 5.75 Å². The van der Waals surface area contributed by atoms with Gasteiger partial charge in [-0.25, -0.2) is 4.98 Å². The van der Waals surface area contributed by atoms with Crippen molar-refractivity contribution in [1.82, 2.24) is 14.9 Å². The Labute approximate surface area is 117 Å². The first-order chi connectivity index (χ1) is 9.67. The lowest BCUT2D eigenvalue weighted by atomic mass is 10.3. The number of carbonyl (C=O) groups excluding carboxylic acids is 1. The number of nitrogens with one attached hydrogen (secondary N) is 1. The number of carbonyl (C=O) groups is 1. The average molecular weight is 276 g/mol. The SMILES string of the molecule is CCNC(=O)CCn1c(N)nc2c(OCC)cccc21. The van der Waals surface area contributed by atoms with E-state index in [0.717, 1.165) is 11.0 Å². The summed E-state index contributed by atoms with van der Waals surface area (Å²) in [5, 5.41) is 2.77. The maximum Gasteiger partial charge on any atom is 0.221 e. The summed E-state index contributed by atoms with van der Waals surface area (Å²) >= 11 is 0. The number of anilines is 1. The Balaban J connectivity index is 2.27. The fourth-order valence-corrected chi connectivity index (χ4v) is 2.15. The second-order valence-corrected chi connectivity index (χ2v) is 4.38. The highest BCUT2D eigenvalue weighted by Crippen LogP contribution is 2.27. The van der Waals surface area contributed by atoms with Crippen LogP contribution in [0.1, 0.15) is 20.3 Å². The lowest BCUT2D eigenvalue weighted by Gasteiger charge is -2.07. The van der Waals surface area contributed by atoms with Crippen LogP contribution in [0.4, 0.5) is 5.95 Å². The molecule has 0 aliphatic heterocycles. The van der Waals surface area contributed by atoms with Crippen molar-refractivity contribution >= 4 is 22.9 Å². The van der Waals surface area contributed by atoms with Crippen LogP contribution in [0.25, 0.3) is 11.0 Å². The minimum absolute atomic E-state index is 0.00899. The van der Waals surface area contributed by atoms with Crippen molar-refractivity contribution in [1.29, 1.82) is 0 Å². The van der Waals surface area contributed by atoms with Crippen LogP contribution in [0, 0.1) is 0 Å². The molecule has 0 saturated carbocycles. The van der Waals surface area contributed by atoms with Gasteiger partial charge in [0, 0.05) is 19.5 Å². The molecule has 0 bridgehead atoms. The van der Waals surface area contributed by atoms with E-state index in [1.54, 1.807) is 0 Å². The summed E-state index contributed by atoms with van der Waals surface area (Å²) in [4.78, 5) is 15.9. The van der Waals surface area contributed by atoms with E-state index in [1.165, 1.54) is 0 Å². The third-order valence-electron chi connectivity index (χ3n) is 3.01. The molecule has 20 heavy (non-hydrogen) atoms. The third kappa shape index (κ3) is 2.84. The van der Waals surface area contributed by atoms with Gasteiger partial charge < -0.3 is 20.4 Å². The topological polar surface area (TPSA) is 82.2 Å². The molecule has 6 nitrogen and oxygen atoms in total. The summed E-state index contributed by atoms with van der Waals surface area (Å²) in [5.41, 5.74) is 7.57. The number of imidazole rings is 1. The van der Waals surface area contributed by atoms with Crippen LogP contribution in [0.15, 0.2) is 18.2 Å². The number of fused-ring (bicyclic) bond motifs is 1. The fourth-order valence-electron chi connectivity index (χ4n) is 2.15. The molecule has 1 aromatic heterocycles. The molecule has 1 heterocycles. The van der Waals surface area contributed by atoms with Gasteiger partial charge in [-0.15, -0.1) is 0 Å². The van der Waals surface area contributed by atoms with E-state index in [9.17, 15) is 4.79 Å². The average Bonchev–Trinajstić information content (AvgIpc) is 2.74. The number of rotatable bonds is 6. The molecule has 3 N–H and O–H groups in total. The maximum atomic E-state index is 11.5. The molecule has 0 unspecified atom stereocenters. The molecule has 0 aliphatic carbocycles. The normalized spacial score (nSPS) is 10.7. The van der Waals surface area contributed by atoms with Gasteiger partial charge in [0.1, 0.15) is 11.3 Å². The van der Waals surface area contributed by atoms with Crippen LogP contribution in [0.3, 0.4) is 0 Å². The highest BCUT2D eigenvalue weighted by Gasteiger charge is 2.13. The van der Waals surface area contributed by atoms with Crippen LogP contribution >= 0.6 is 0 Å². The first-order valence-corrected chi connectivity index (χ1v) is 6.81. The minimum Gasteiger partial charge on any atom is -0.492 e. The van der Waals surface area contributed by atoms with Crippen molar-refractivity contribution in [2.24, 2.45) is 0 Å². The lowest BCUT2D eigenvalue weighted by molar-refractivity contribution is -0.121. The molecule has 0 spiro atoms. The van der Waals surface area contributed by atoms with Gasteiger partial charge in [0.2, 0.25) is 11.9 Å². The smallest absolute Gasteiger partial charge is 0.221 e. The summed E-state index contributed by atoms with van der Waals surface area (Å²) < 4.78 is 7.38. The number of aromatic nitrogens is 2. The Hall–Kier alpha value is -2.24. The highest BCUT2D eigenvalue weighted by molar-refractivity contribution is 5.84. The predicted octanol–water partition coefficient (Wildman–Crippen LogP) is 1.54. The number of nitrogen functional groups attached to an aromatic ring is 1. The van der Waals surface area contributed by atoms with Crippen LogP contribution < -0.4 is 15.8 Å². The van der Waals surface area contributed by atoms with Gasteiger partial charge in [-0.1, -0.05) is 6.07 Å². The summed E-state index contributed by atoms with van der Waals surface area (Å²) in [7, 11) is 0. The molecule has 1 amide bonds. The van der Waals surface area contributed by atoms with E-state index in [2.05, 4.69) is 10.3 Å². The van der Waals surface area contributed by atoms with E-state index in [0.29, 0.717) is 37.8 Å². The standard InChI is InChI=1S/C14H20N4O2/c1-3-16-12(19)8-9-18-10-6-5-7-11(20-4-2)13(10)17-14(18)15/h5-7H,3-4,8-9H2,1-2H3,(H2,15,17)(H,16,19). The molecule has 6 heteroatoms. The molecule has 0 fully saturated rings. The predicted molar refractivity (Wildman–Crippen MR) is 78.6 cm³/mol. The number of para-hydroxylation sites is 1. The molecule has 0 atom stereocenters. The molecular formula is C14H20N4O2. The Morgan fingerprint density at radius 1 is 1.45 bits per heavy atom. The number of aryl methyl sites for hydroxylation is 1. The number of nitrogens with two attached hydrogens (primary N) is 1. The van der Waals surface area contributed by atoms with Gasteiger partial charge >= 0.3 is 0 Å². The van der Waals surface area contributed by atoms with Crippen LogP contribution in [0.5, 0.6) is 5.75 Å². The van der Waals surface area contributed by atoms with E-state index in [-0.39, 0.29) is 5.91 Å². The maximum absolute atomic E-state index is 11.5. The van der Waals surface area contributed by atoms with E-state index in [1.807, 2.05) is 36.6 Å². The third-order valence-corrected chi connectivity index (χ3v) is 3.01. The van der Waals surface area contributed by atoms with Crippen LogP contribution in [-0.2, 0) is 11.3 Å². The summed E-state index contributed by atoms with van der Waals surface area (Å²) in [6.45, 7) is 5.53. The van der Waals surface area contributed by atoms with Crippen molar-refractivity contribution < 1.29 is 9.53 Å². The first-order valence-electron chi connectivity index (χ1n) is 6.81. The molecular weight excluding hydrogens is 256 g/mol. The number of ether oxygens (including phenoxy) is 1. The zero-order valence-corrected chi connectivity index (χ0v) is 11.8. The van der Waals surface area contributed by atoms with Gasteiger partial charge in [0.05, 0.1) is 12.1 Å². The van der Waals surface area contributed by atoms with Gasteiger partial charge in [0.15, 0.2) is 0 Å². The van der Waals surface area contributed by atoms with Crippen molar-refractivity contribution in [2.45, 2.75) is 26.8 Å². The summed E-state index contributed by atoms with van der Waals surface area (Å²) in [6.07, 6.45) is 0.377. The Kier molecular flexibility index (Phi) is 4.45. The Morgan fingerprint density at radius 2 is 2.25 bits per heavy atom. The van der Waals surface area contributed by atoms with Crippen LogP contribution in [0.2, 0.25) is 0 Å². The van der Waals surface area contributed by atoms with Crippen molar-refractivity contribution in [3.63, 3.8) is 0 Å². The van der Waals surface area contributed by atoms with E-state index in [4.69, 9.17) is 10.5 Å². The fraction of sp³-hybridized carbons (Fsp3) is 0.429. The first kappa shape index (κ1) is 14.2. The second-order valence-electron chi connectivity index (χ2n) is 4.38. The largest absolute Gasteiger partial charge is 0.492 e. The Bertz CT molecular complexity index is 606. The van der Waals surface area contributed by atoms with Gasteiger partial charge in [0.25, 0.3) is 0 Å². The number of amides is 1. The number of hydrogen-bond donors (Lipinski definition) is 2. The molecule has 0 radical (unpaired) electrons. The quantitative estimate of drug-likeness (QED) is 0.838. The van der Waals surface area contributed by atoms with Crippen molar-refractivity contribution in [2.75, 3.05) is 18.9 Å². The molecule has 0 saturated heterocycles. The van der Waals surface area contributed by atoms with E-state index < -0.39 is 0 Å². The molecule has 2 aromatic rings. The minimum atomic E-state index is 0.00899. The van der Waals surface area contributed by atoms with Gasteiger partial charge in [-0.05, 0) is 26.0 Å². The summed E-state index contributed by atoms with van der Waals surface area (Å²) in [5.74, 6) is 1.12. The van der Waals surface area contributed by atoms with Crippen molar-refractivity contribution in [3.05, 3.63) is 18.2 Å². The molecule has 2 rings (SSSR count). The molecule has 1 aromatic carbocycles. The Morgan fingerprint density at radius 3 is 2.95 bits per heavy atom. The highest BCUT2D eigenvalue weighted by atomic mass is 16.5. The molecule has 108 valence electrons. The van der Waals surface area contributed by atoms with Crippen LogP contribution in [-0.4, -0.2) is 28.6 Å². The zero-order valence-electron chi connectivity index (χ0n) is 11.8. The summed E-state index contributed by atoms with van der Waals surface area (Å²) in [6, 6.07) is 5.70. The lowest BCUT2D eigenvalue weighted by Crippen LogP contribution is -2.24. The van der Waals surface area contributed by atoms with Gasteiger partial charge in [-0.2, -0.15) is 0 Å². The number of nitrogens with zero attached hydrogens (tertiary/aromatic N) is 2. The molecule has 0 aliphatic rings. The zero-order chi connectivity index (χ0) is 14.5. The van der Waals surface area contributed by atoms with Gasteiger partial charge in [-0.3, -0.25) is 4.79 Å². The monoisotopic (exact) mass is 276 g/mol.